The lowest BCUT2D eigenvalue weighted by Gasteiger charge is -2.25. The number of benzene rings is 1. The molecule has 154 valence electrons. The van der Waals surface area contributed by atoms with Gasteiger partial charge in [0.1, 0.15) is 0 Å². The SMILES string of the molecule is CC(NC[C@H](O)CP(=O)(O)CC1CCCCC1)c1cccc(-c2ncon2)c1. The number of hydrogen-bond donors (Lipinski definition) is 3. The van der Waals surface area contributed by atoms with Crippen LogP contribution in [-0.4, -0.2) is 45.1 Å². The average Bonchev–Trinajstić information content (AvgIpc) is 3.21. The Morgan fingerprint density at radius 3 is 2.82 bits per heavy atom. The Hall–Kier alpha value is -1.53. The van der Waals surface area contributed by atoms with Crippen molar-refractivity contribution in [2.24, 2.45) is 5.92 Å². The highest BCUT2D eigenvalue weighted by atomic mass is 31.2. The van der Waals surface area contributed by atoms with Crippen molar-refractivity contribution in [3.8, 4) is 11.4 Å². The van der Waals surface area contributed by atoms with Gasteiger partial charge < -0.3 is 19.8 Å². The van der Waals surface area contributed by atoms with Gasteiger partial charge >= 0.3 is 0 Å². The third kappa shape index (κ3) is 6.24. The summed E-state index contributed by atoms with van der Waals surface area (Å²) in [6.07, 6.45) is 6.33. The van der Waals surface area contributed by atoms with E-state index in [1.807, 2.05) is 31.2 Å². The minimum atomic E-state index is -3.31. The summed E-state index contributed by atoms with van der Waals surface area (Å²) in [4.78, 5) is 14.4. The molecule has 8 heteroatoms. The second kappa shape index (κ2) is 9.79. The van der Waals surface area contributed by atoms with E-state index in [0.717, 1.165) is 36.8 Å². The Bertz CT molecular complexity index is 778. The van der Waals surface area contributed by atoms with Crippen LogP contribution >= 0.6 is 7.37 Å². The van der Waals surface area contributed by atoms with E-state index in [1.54, 1.807) is 0 Å². The van der Waals surface area contributed by atoms with Gasteiger partial charge in [-0.25, -0.2) is 0 Å². The lowest BCUT2D eigenvalue weighted by atomic mass is 9.91. The van der Waals surface area contributed by atoms with Gasteiger partial charge in [-0.15, -0.1) is 0 Å². The molecule has 0 spiro atoms. The topological polar surface area (TPSA) is 108 Å². The molecule has 1 heterocycles. The maximum absolute atomic E-state index is 12.5. The Labute approximate surface area is 166 Å². The van der Waals surface area contributed by atoms with Gasteiger partial charge in [-0.1, -0.05) is 42.6 Å². The molecule has 1 aromatic heterocycles. The molecule has 3 rings (SSSR count). The monoisotopic (exact) mass is 407 g/mol. The van der Waals surface area contributed by atoms with Gasteiger partial charge in [-0.3, -0.25) is 4.57 Å². The molecule has 0 radical (unpaired) electrons. The molecule has 2 unspecified atom stereocenters. The smallest absolute Gasteiger partial charge is 0.214 e. The second-order valence-corrected chi connectivity index (χ2v) is 10.3. The third-order valence-electron chi connectivity index (χ3n) is 5.43. The van der Waals surface area contributed by atoms with E-state index in [-0.39, 0.29) is 18.7 Å². The zero-order valence-corrected chi connectivity index (χ0v) is 17.2. The van der Waals surface area contributed by atoms with Gasteiger partial charge in [0, 0.05) is 24.3 Å². The first-order chi connectivity index (χ1) is 13.4. The van der Waals surface area contributed by atoms with Gasteiger partial charge in [0.25, 0.3) is 0 Å². The van der Waals surface area contributed by atoms with Crippen LogP contribution in [0.3, 0.4) is 0 Å². The van der Waals surface area contributed by atoms with E-state index in [4.69, 9.17) is 4.52 Å². The van der Waals surface area contributed by atoms with Crippen molar-refractivity contribution >= 4 is 7.37 Å². The summed E-state index contributed by atoms with van der Waals surface area (Å²) in [5.74, 6) is 0.856. The van der Waals surface area contributed by atoms with Crippen LogP contribution in [-0.2, 0) is 4.57 Å². The summed E-state index contributed by atoms with van der Waals surface area (Å²) < 4.78 is 17.3. The summed E-state index contributed by atoms with van der Waals surface area (Å²) in [5, 5.41) is 17.4. The van der Waals surface area contributed by atoms with Crippen molar-refractivity contribution in [2.75, 3.05) is 18.9 Å². The predicted octanol–water partition coefficient (Wildman–Crippen LogP) is 3.60. The van der Waals surface area contributed by atoms with Gasteiger partial charge in [-0.2, -0.15) is 4.98 Å². The molecule has 1 aromatic carbocycles. The van der Waals surface area contributed by atoms with E-state index in [0.29, 0.717) is 17.9 Å². The molecule has 1 aliphatic carbocycles. The molecule has 3 N–H and O–H groups in total. The fraction of sp³-hybridized carbons (Fsp3) is 0.600. The highest BCUT2D eigenvalue weighted by Gasteiger charge is 2.28. The van der Waals surface area contributed by atoms with Crippen molar-refractivity contribution in [1.29, 1.82) is 0 Å². The molecule has 0 bridgehead atoms. The molecule has 3 atom stereocenters. The lowest BCUT2D eigenvalue weighted by molar-refractivity contribution is 0.186. The minimum Gasteiger partial charge on any atom is -0.391 e. The Morgan fingerprint density at radius 1 is 1.32 bits per heavy atom. The first kappa shape index (κ1) is 21.2. The quantitative estimate of drug-likeness (QED) is 0.545. The molecule has 2 aromatic rings. The van der Waals surface area contributed by atoms with E-state index in [2.05, 4.69) is 15.5 Å². The third-order valence-corrected chi connectivity index (χ3v) is 7.51. The van der Waals surface area contributed by atoms with Crippen LogP contribution in [0.5, 0.6) is 0 Å². The molecule has 0 amide bonds. The molecular weight excluding hydrogens is 377 g/mol. The van der Waals surface area contributed by atoms with Gasteiger partial charge in [0.05, 0.1) is 12.3 Å². The number of rotatable bonds is 9. The van der Waals surface area contributed by atoms with Crippen molar-refractivity contribution in [1.82, 2.24) is 15.5 Å². The highest BCUT2D eigenvalue weighted by Crippen LogP contribution is 2.45. The van der Waals surface area contributed by atoms with Crippen LogP contribution in [0.2, 0.25) is 0 Å². The number of aromatic nitrogens is 2. The van der Waals surface area contributed by atoms with Crippen LogP contribution in [0.4, 0.5) is 0 Å². The molecule has 1 saturated carbocycles. The Balaban J connectivity index is 1.49. The number of aliphatic hydroxyl groups excluding tert-OH is 1. The lowest BCUT2D eigenvalue weighted by Crippen LogP contribution is -2.32. The molecule has 1 aliphatic rings. The van der Waals surface area contributed by atoms with Crippen molar-refractivity contribution in [2.45, 2.75) is 51.2 Å². The maximum Gasteiger partial charge on any atom is 0.214 e. The van der Waals surface area contributed by atoms with Crippen molar-refractivity contribution in [3.63, 3.8) is 0 Å². The van der Waals surface area contributed by atoms with Crippen LogP contribution in [0, 0.1) is 5.92 Å². The van der Waals surface area contributed by atoms with Gasteiger partial charge in [0.15, 0.2) is 0 Å². The fourth-order valence-corrected chi connectivity index (χ4v) is 6.03. The fourth-order valence-electron chi connectivity index (χ4n) is 3.92. The Kier molecular flexibility index (Phi) is 7.41. The second-order valence-electron chi connectivity index (χ2n) is 7.88. The number of hydrogen-bond acceptors (Lipinski definition) is 6. The van der Waals surface area contributed by atoms with E-state index < -0.39 is 13.5 Å². The Morgan fingerprint density at radius 2 is 2.11 bits per heavy atom. The zero-order valence-electron chi connectivity index (χ0n) is 16.3. The maximum atomic E-state index is 12.5. The summed E-state index contributed by atoms with van der Waals surface area (Å²) in [6, 6.07) is 7.74. The van der Waals surface area contributed by atoms with Crippen molar-refractivity contribution in [3.05, 3.63) is 36.2 Å². The summed E-state index contributed by atoms with van der Waals surface area (Å²) >= 11 is 0. The van der Waals surface area contributed by atoms with E-state index in [1.165, 1.54) is 12.8 Å². The highest BCUT2D eigenvalue weighted by molar-refractivity contribution is 7.58. The van der Waals surface area contributed by atoms with Crippen LogP contribution < -0.4 is 5.32 Å². The number of nitrogens with zero attached hydrogens (tertiary/aromatic N) is 2. The molecule has 28 heavy (non-hydrogen) atoms. The summed E-state index contributed by atoms with van der Waals surface area (Å²) in [7, 11) is -3.31. The zero-order chi connectivity index (χ0) is 20.0. The largest absolute Gasteiger partial charge is 0.391 e. The van der Waals surface area contributed by atoms with Gasteiger partial charge in [-0.05, 0) is 37.3 Å². The first-order valence-corrected chi connectivity index (χ1v) is 12.0. The summed E-state index contributed by atoms with van der Waals surface area (Å²) in [6.45, 7) is 2.26. The molecule has 0 aliphatic heterocycles. The number of aliphatic hydroxyl groups is 1. The van der Waals surface area contributed by atoms with Crippen LogP contribution in [0.15, 0.2) is 35.2 Å². The standard InChI is InChI=1S/C20H30N3O4P/c1-15(17-8-5-9-18(10-17)20-22-14-27-23-20)21-11-19(24)13-28(25,26)12-16-6-3-2-4-7-16/h5,8-10,14-16,19,21,24H,2-4,6-7,11-13H2,1H3,(H,25,26)/t15?,19-/m0/s1. The van der Waals surface area contributed by atoms with E-state index >= 15 is 0 Å². The normalized spacial score (nSPS) is 19.8. The van der Waals surface area contributed by atoms with Crippen LogP contribution in [0.25, 0.3) is 11.4 Å². The summed E-state index contributed by atoms with van der Waals surface area (Å²) in [5.41, 5.74) is 1.87. The average molecular weight is 407 g/mol. The van der Waals surface area contributed by atoms with Crippen molar-refractivity contribution < 1.29 is 19.1 Å². The molecular formula is C20H30N3O4P. The van der Waals surface area contributed by atoms with Crippen LogP contribution in [0.1, 0.15) is 50.6 Å². The predicted molar refractivity (Wildman–Crippen MR) is 108 cm³/mol. The van der Waals surface area contributed by atoms with E-state index in [9.17, 15) is 14.6 Å². The molecule has 0 saturated heterocycles. The first-order valence-electron chi connectivity index (χ1n) is 10.0. The number of nitrogens with one attached hydrogen (secondary N) is 1. The molecule has 7 nitrogen and oxygen atoms in total. The van der Waals surface area contributed by atoms with Gasteiger partial charge in [0.2, 0.25) is 19.6 Å². The molecule has 1 fully saturated rings. The minimum absolute atomic E-state index is 0.0297.